The Bertz CT molecular complexity index is 376. The second kappa shape index (κ2) is 6.31. The molecule has 1 atom stereocenters. The fourth-order valence-corrected chi connectivity index (χ4v) is 2.18. The molecule has 1 aromatic rings. The molecule has 0 saturated carbocycles. The van der Waals surface area contributed by atoms with Crippen LogP contribution < -0.4 is 5.32 Å². The van der Waals surface area contributed by atoms with Gasteiger partial charge in [0.1, 0.15) is 0 Å². The molecule has 18 heavy (non-hydrogen) atoms. The van der Waals surface area contributed by atoms with Crippen molar-refractivity contribution < 1.29 is 9.90 Å². The van der Waals surface area contributed by atoms with Crippen molar-refractivity contribution >= 4 is 17.2 Å². The fourth-order valence-electron chi connectivity index (χ4n) is 1.45. The average molecular weight is 270 g/mol. The van der Waals surface area contributed by atoms with Gasteiger partial charge in [-0.15, -0.1) is 11.3 Å². The van der Waals surface area contributed by atoms with E-state index in [2.05, 4.69) is 5.32 Å². The molecule has 4 nitrogen and oxygen atoms in total. The Balaban J connectivity index is 2.47. The minimum Gasteiger partial charge on any atom is -0.394 e. The molecule has 0 saturated heterocycles. The van der Waals surface area contributed by atoms with Crippen molar-refractivity contribution in [2.24, 2.45) is 0 Å². The highest BCUT2D eigenvalue weighted by Crippen LogP contribution is 2.18. The number of amides is 1. The molecule has 1 rings (SSSR count). The Morgan fingerprint density at radius 3 is 2.78 bits per heavy atom. The zero-order valence-corrected chi connectivity index (χ0v) is 12.3. The summed E-state index contributed by atoms with van der Waals surface area (Å²) in [6.45, 7) is 6.09. The van der Waals surface area contributed by atoms with Gasteiger partial charge in [-0.25, -0.2) is 0 Å². The van der Waals surface area contributed by atoms with Crippen LogP contribution in [0.4, 0.5) is 0 Å². The quantitative estimate of drug-likeness (QED) is 0.826. The maximum absolute atomic E-state index is 11.9. The third-order valence-electron chi connectivity index (χ3n) is 3.15. The number of carbonyl (C=O) groups excluding carboxylic acids is 1. The van der Waals surface area contributed by atoms with Crippen LogP contribution in [-0.4, -0.2) is 41.7 Å². The number of carbonyl (C=O) groups is 1. The van der Waals surface area contributed by atoms with E-state index in [1.807, 2.05) is 50.2 Å². The summed E-state index contributed by atoms with van der Waals surface area (Å²) in [6.07, 6.45) is 0. The van der Waals surface area contributed by atoms with Gasteiger partial charge in [0, 0.05) is 10.4 Å². The van der Waals surface area contributed by atoms with Crippen molar-refractivity contribution in [3.05, 3.63) is 22.4 Å². The van der Waals surface area contributed by atoms with E-state index in [0.717, 1.165) is 4.88 Å². The van der Waals surface area contributed by atoms with Crippen LogP contribution in [0.15, 0.2) is 17.5 Å². The van der Waals surface area contributed by atoms with Crippen LogP contribution >= 0.6 is 11.3 Å². The molecule has 1 aromatic heterocycles. The first kappa shape index (κ1) is 15.1. The Kier molecular flexibility index (Phi) is 5.31. The molecule has 102 valence electrons. The maximum atomic E-state index is 11.9. The van der Waals surface area contributed by atoms with E-state index in [0.29, 0.717) is 0 Å². The Labute approximate surface area is 113 Å². The predicted molar refractivity (Wildman–Crippen MR) is 74.7 cm³/mol. The lowest BCUT2D eigenvalue weighted by Gasteiger charge is -2.33. The molecule has 0 radical (unpaired) electrons. The first-order valence-corrected chi connectivity index (χ1v) is 6.89. The molecule has 0 aliphatic rings. The molecule has 0 aromatic carbocycles. The number of nitrogens with one attached hydrogen (secondary N) is 1. The summed E-state index contributed by atoms with van der Waals surface area (Å²) in [4.78, 5) is 14.9. The highest BCUT2D eigenvalue weighted by atomic mass is 32.1. The zero-order chi connectivity index (χ0) is 13.8. The van der Waals surface area contributed by atoms with E-state index >= 15 is 0 Å². The van der Waals surface area contributed by atoms with Crippen LogP contribution in [0.3, 0.4) is 0 Å². The Hall–Kier alpha value is -0.910. The van der Waals surface area contributed by atoms with Crippen LogP contribution in [0.1, 0.15) is 31.7 Å². The molecule has 1 unspecified atom stereocenters. The fraction of sp³-hybridized carbons (Fsp3) is 0.615. The summed E-state index contributed by atoms with van der Waals surface area (Å²) in [5.41, 5.74) is -0.385. The van der Waals surface area contributed by atoms with Crippen molar-refractivity contribution in [2.45, 2.75) is 32.4 Å². The van der Waals surface area contributed by atoms with Crippen LogP contribution in [0, 0.1) is 0 Å². The lowest BCUT2D eigenvalue weighted by Crippen LogP contribution is -2.48. The maximum Gasteiger partial charge on any atom is 0.234 e. The lowest BCUT2D eigenvalue weighted by atomic mass is 10.1. The number of hydrogen-bond acceptors (Lipinski definition) is 4. The highest BCUT2D eigenvalue weighted by Gasteiger charge is 2.24. The van der Waals surface area contributed by atoms with Gasteiger partial charge in [0.15, 0.2) is 0 Å². The summed E-state index contributed by atoms with van der Waals surface area (Å²) in [6, 6.07) is 4.02. The first-order valence-electron chi connectivity index (χ1n) is 6.01. The van der Waals surface area contributed by atoms with Gasteiger partial charge in [-0.1, -0.05) is 6.07 Å². The molecule has 0 fully saturated rings. The average Bonchev–Trinajstić information content (AvgIpc) is 2.82. The normalized spacial score (nSPS) is 13.7. The number of thiophene rings is 1. The van der Waals surface area contributed by atoms with Crippen LogP contribution in [0.2, 0.25) is 0 Å². The molecule has 0 aliphatic heterocycles. The van der Waals surface area contributed by atoms with E-state index in [1.54, 1.807) is 11.3 Å². The van der Waals surface area contributed by atoms with Gasteiger partial charge >= 0.3 is 0 Å². The smallest absolute Gasteiger partial charge is 0.234 e. The third-order valence-corrected chi connectivity index (χ3v) is 4.20. The van der Waals surface area contributed by atoms with Crippen molar-refractivity contribution in [1.29, 1.82) is 0 Å². The van der Waals surface area contributed by atoms with Crippen molar-refractivity contribution in [1.82, 2.24) is 10.2 Å². The largest absolute Gasteiger partial charge is 0.394 e. The number of aliphatic hydroxyl groups is 1. The summed E-state index contributed by atoms with van der Waals surface area (Å²) < 4.78 is 0. The minimum atomic E-state index is -0.385. The SMILES string of the molecule is CC(NC(=O)CN(C)C(C)(C)CO)c1cccs1. The number of likely N-dealkylation sites (N-methyl/N-ethyl adjacent to an activating group) is 1. The summed E-state index contributed by atoms with van der Waals surface area (Å²) in [7, 11) is 1.84. The van der Waals surface area contributed by atoms with Crippen LogP contribution in [-0.2, 0) is 4.79 Å². The standard InChI is InChI=1S/C13H22N2O2S/c1-10(11-6-5-7-18-11)14-12(17)8-15(4)13(2,3)9-16/h5-7,10,16H,8-9H2,1-4H3,(H,14,17). The lowest BCUT2D eigenvalue weighted by molar-refractivity contribution is -0.124. The van der Waals surface area contributed by atoms with E-state index < -0.39 is 0 Å². The topological polar surface area (TPSA) is 52.6 Å². The van der Waals surface area contributed by atoms with E-state index in [9.17, 15) is 9.90 Å². The molecule has 0 aliphatic carbocycles. The van der Waals surface area contributed by atoms with Gasteiger partial charge < -0.3 is 10.4 Å². The zero-order valence-electron chi connectivity index (χ0n) is 11.4. The van der Waals surface area contributed by atoms with Crippen LogP contribution in [0.25, 0.3) is 0 Å². The Morgan fingerprint density at radius 1 is 1.61 bits per heavy atom. The molecular weight excluding hydrogens is 248 g/mol. The molecular formula is C13H22N2O2S. The van der Waals surface area contributed by atoms with Gasteiger partial charge in [-0.3, -0.25) is 9.69 Å². The predicted octanol–water partition coefficient (Wildman–Crippen LogP) is 1.63. The second-order valence-corrected chi connectivity index (χ2v) is 6.11. The third kappa shape index (κ3) is 4.08. The van der Waals surface area contributed by atoms with Gasteiger partial charge in [0.25, 0.3) is 0 Å². The number of aliphatic hydroxyl groups excluding tert-OH is 1. The van der Waals surface area contributed by atoms with Gasteiger partial charge in [-0.2, -0.15) is 0 Å². The molecule has 0 bridgehead atoms. The summed E-state index contributed by atoms with van der Waals surface area (Å²) in [5, 5.41) is 14.2. The molecule has 0 spiro atoms. The molecule has 1 heterocycles. The van der Waals surface area contributed by atoms with E-state index in [-0.39, 0.29) is 30.6 Å². The first-order chi connectivity index (χ1) is 8.36. The van der Waals surface area contributed by atoms with Crippen LogP contribution in [0.5, 0.6) is 0 Å². The monoisotopic (exact) mass is 270 g/mol. The van der Waals surface area contributed by atoms with E-state index in [4.69, 9.17) is 0 Å². The number of rotatable bonds is 6. The molecule has 1 amide bonds. The highest BCUT2D eigenvalue weighted by molar-refractivity contribution is 7.10. The minimum absolute atomic E-state index is 0.0251. The van der Waals surface area contributed by atoms with Crippen molar-refractivity contribution in [3.8, 4) is 0 Å². The summed E-state index contributed by atoms with van der Waals surface area (Å²) in [5.74, 6) is -0.0278. The molecule has 2 N–H and O–H groups in total. The summed E-state index contributed by atoms with van der Waals surface area (Å²) >= 11 is 1.63. The van der Waals surface area contributed by atoms with E-state index in [1.165, 1.54) is 0 Å². The number of hydrogen-bond donors (Lipinski definition) is 2. The van der Waals surface area contributed by atoms with Crippen molar-refractivity contribution in [3.63, 3.8) is 0 Å². The second-order valence-electron chi connectivity index (χ2n) is 5.13. The van der Waals surface area contributed by atoms with Gasteiger partial charge in [-0.05, 0) is 39.3 Å². The number of nitrogens with zero attached hydrogens (tertiary/aromatic N) is 1. The van der Waals surface area contributed by atoms with Crippen molar-refractivity contribution in [2.75, 3.05) is 20.2 Å². The van der Waals surface area contributed by atoms with Gasteiger partial charge in [0.2, 0.25) is 5.91 Å². The Morgan fingerprint density at radius 2 is 2.28 bits per heavy atom. The van der Waals surface area contributed by atoms with Gasteiger partial charge in [0.05, 0.1) is 19.2 Å². The molecule has 5 heteroatoms.